The highest BCUT2D eigenvalue weighted by atomic mass is 35.5. The van der Waals surface area contributed by atoms with Gasteiger partial charge in [-0.05, 0) is 12.8 Å². The molecule has 0 radical (unpaired) electrons. The Balaban J connectivity index is 2.85. The molecule has 1 nitrogen and oxygen atoms in total. The first-order chi connectivity index (χ1) is 5.69. The van der Waals surface area contributed by atoms with Gasteiger partial charge in [0, 0.05) is 11.8 Å². The van der Waals surface area contributed by atoms with E-state index in [0.717, 1.165) is 12.8 Å². The van der Waals surface area contributed by atoms with Crippen LogP contribution in [0.25, 0.3) is 0 Å². The minimum absolute atomic E-state index is 0.123. The zero-order valence-corrected chi connectivity index (χ0v) is 7.93. The van der Waals surface area contributed by atoms with E-state index in [1.54, 1.807) is 12.2 Å². The van der Waals surface area contributed by atoms with Gasteiger partial charge in [0.25, 0.3) is 0 Å². The van der Waals surface area contributed by atoms with Crippen molar-refractivity contribution in [2.24, 2.45) is 11.8 Å². The van der Waals surface area contributed by atoms with Crippen molar-refractivity contribution >= 4 is 11.6 Å². The number of hydrogen-bond donors (Lipinski definition) is 1. The predicted octanol–water partition coefficient (Wildman–Crippen LogP) is 2.35. The van der Waals surface area contributed by atoms with Gasteiger partial charge in [0.1, 0.15) is 0 Å². The fraction of sp³-hybridized carbons (Fsp3) is 0.600. The van der Waals surface area contributed by atoms with Gasteiger partial charge in [0.2, 0.25) is 0 Å². The average molecular weight is 187 g/mol. The first-order valence-corrected chi connectivity index (χ1v) is 4.76. The van der Waals surface area contributed by atoms with Crippen LogP contribution in [-0.4, -0.2) is 16.6 Å². The van der Waals surface area contributed by atoms with Crippen LogP contribution in [0.2, 0.25) is 0 Å². The molecule has 0 saturated heterocycles. The summed E-state index contributed by atoms with van der Waals surface area (Å²) in [6.45, 7) is 7.40. The number of hydrogen-bond acceptors (Lipinski definition) is 1. The third kappa shape index (κ3) is 1.32. The molecule has 1 rings (SSSR count). The Hall–Kier alpha value is -0.270. The van der Waals surface area contributed by atoms with E-state index in [1.807, 2.05) is 0 Å². The number of rotatable bonds is 3. The molecule has 0 spiro atoms. The van der Waals surface area contributed by atoms with E-state index < -0.39 is 5.60 Å². The van der Waals surface area contributed by atoms with Gasteiger partial charge in [-0.25, -0.2) is 0 Å². The monoisotopic (exact) mass is 186 g/mol. The fourth-order valence-corrected chi connectivity index (χ4v) is 2.37. The molecule has 0 aliphatic heterocycles. The number of halogens is 1. The third-order valence-corrected chi connectivity index (χ3v) is 3.28. The quantitative estimate of drug-likeness (QED) is 0.530. The molecule has 68 valence electrons. The molecule has 1 aliphatic carbocycles. The van der Waals surface area contributed by atoms with Crippen molar-refractivity contribution < 1.29 is 5.11 Å². The maximum absolute atomic E-state index is 10.1. The summed E-state index contributed by atoms with van der Waals surface area (Å²) in [4.78, 5) is 0. The number of alkyl halides is 1. The van der Waals surface area contributed by atoms with Crippen LogP contribution in [0.3, 0.4) is 0 Å². The molecule has 0 heterocycles. The van der Waals surface area contributed by atoms with Crippen molar-refractivity contribution in [2.75, 3.05) is 5.88 Å². The van der Waals surface area contributed by atoms with E-state index in [-0.39, 0.29) is 17.7 Å². The van der Waals surface area contributed by atoms with Crippen LogP contribution in [0, 0.1) is 11.8 Å². The van der Waals surface area contributed by atoms with Crippen LogP contribution < -0.4 is 0 Å². The van der Waals surface area contributed by atoms with Crippen molar-refractivity contribution in [3.8, 4) is 0 Å². The van der Waals surface area contributed by atoms with Crippen LogP contribution in [0.5, 0.6) is 0 Å². The van der Waals surface area contributed by atoms with E-state index in [2.05, 4.69) is 13.2 Å². The SMILES string of the molecule is C=C[C@@H]1CC[C@@H](C=C)C1(O)CCl. The second-order valence-corrected chi connectivity index (χ2v) is 3.65. The highest BCUT2D eigenvalue weighted by Gasteiger charge is 2.45. The van der Waals surface area contributed by atoms with Gasteiger partial charge >= 0.3 is 0 Å². The summed E-state index contributed by atoms with van der Waals surface area (Å²) in [5, 5.41) is 10.1. The maximum atomic E-state index is 10.1. The predicted molar refractivity (Wildman–Crippen MR) is 52.3 cm³/mol. The first kappa shape index (κ1) is 9.82. The Kier molecular flexibility index (Phi) is 2.97. The van der Waals surface area contributed by atoms with E-state index >= 15 is 0 Å². The van der Waals surface area contributed by atoms with Gasteiger partial charge in [0.05, 0.1) is 11.5 Å². The van der Waals surface area contributed by atoms with Crippen molar-refractivity contribution in [3.63, 3.8) is 0 Å². The Morgan fingerprint density at radius 2 is 1.75 bits per heavy atom. The normalized spacial score (nSPS) is 33.2. The highest BCUT2D eigenvalue weighted by Crippen LogP contribution is 2.42. The van der Waals surface area contributed by atoms with Gasteiger partial charge < -0.3 is 5.11 Å². The summed E-state index contributed by atoms with van der Waals surface area (Å²) in [6, 6.07) is 0. The molecule has 0 aromatic heterocycles. The van der Waals surface area contributed by atoms with Crippen LogP contribution in [0.15, 0.2) is 25.3 Å². The van der Waals surface area contributed by atoms with Gasteiger partial charge in [-0.15, -0.1) is 24.8 Å². The molecule has 0 amide bonds. The molecule has 0 aromatic carbocycles. The third-order valence-electron chi connectivity index (χ3n) is 2.86. The van der Waals surface area contributed by atoms with Crippen molar-refractivity contribution in [1.29, 1.82) is 0 Å². The lowest BCUT2D eigenvalue weighted by Crippen LogP contribution is -2.40. The van der Waals surface area contributed by atoms with Gasteiger partial charge in [-0.1, -0.05) is 12.2 Å². The van der Waals surface area contributed by atoms with Crippen molar-refractivity contribution in [1.82, 2.24) is 0 Å². The maximum Gasteiger partial charge on any atom is 0.0906 e. The summed E-state index contributed by atoms with van der Waals surface area (Å²) in [5.74, 6) is 0.511. The van der Waals surface area contributed by atoms with Crippen molar-refractivity contribution in [2.45, 2.75) is 18.4 Å². The zero-order chi connectivity index (χ0) is 9.19. The molecular formula is C10H15ClO. The van der Waals surface area contributed by atoms with Crippen LogP contribution in [0.4, 0.5) is 0 Å². The standard InChI is InChI=1S/C10H15ClO/c1-3-8-5-6-9(4-2)10(8,12)7-11/h3-4,8-9,12H,1-2,5-7H2/t8-,9-/m1/s1. The van der Waals surface area contributed by atoms with E-state index in [0.29, 0.717) is 0 Å². The summed E-state index contributed by atoms with van der Waals surface area (Å²) < 4.78 is 0. The summed E-state index contributed by atoms with van der Waals surface area (Å²) in [6.07, 6.45) is 5.52. The lowest BCUT2D eigenvalue weighted by atomic mass is 9.86. The first-order valence-electron chi connectivity index (χ1n) is 4.22. The molecule has 0 bridgehead atoms. The van der Waals surface area contributed by atoms with Gasteiger partial charge in [-0.3, -0.25) is 0 Å². The Morgan fingerprint density at radius 1 is 1.33 bits per heavy atom. The largest absolute Gasteiger partial charge is 0.387 e. The lowest BCUT2D eigenvalue weighted by Gasteiger charge is -2.30. The summed E-state index contributed by atoms with van der Waals surface area (Å²) in [7, 11) is 0. The van der Waals surface area contributed by atoms with E-state index in [9.17, 15) is 5.11 Å². The molecule has 1 N–H and O–H groups in total. The minimum Gasteiger partial charge on any atom is -0.387 e. The van der Waals surface area contributed by atoms with Crippen molar-refractivity contribution in [3.05, 3.63) is 25.3 Å². The Morgan fingerprint density at radius 3 is 2.00 bits per heavy atom. The number of aliphatic hydroxyl groups is 1. The van der Waals surface area contributed by atoms with Crippen LogP contribution >= 0.6 is 11.6 Å². The molecular weight excluding hydrogens is 172 g/mol. The molecule has 1 saturated carbocycles. The Bertz CT molecular complexity index is 172. The molecule has 12 heavy (non-hydrogen) atoms. The van der Waals surface area contributed by atoms with E-state index in [4.69, 9.17) is 11.6 Å². The van der Waals surface area contributed by atoms with Gasteiger partial charge in [-0.2, -0.15) is 0 Å². The second kappa shape index (κ2) is 3.63. The molecule has 2 heteroatoms. The smallest absolute Gasteiger partial charge is 0.0906 e. The molecule has 0 unspecified atom stereocenters. The second-order valence-electron chi connectivity index (χ2n) is 3.39. The van der Waals surface area contributed by atoms with Gasteiger partial charge in [0.15, 0.2) is 0 Å². The lowest BCUT2D eigenvalue weighted by molar-refractivity contribution is 0.0159. The zero-order valence-electron chi connectivity index (χ0n) is 7.17. The summed E-state index contributed by atoms with van der Waals surface area (Å²) >= 11 is 5.75. The fourth-order valence-electron chi connectivity index (χ4n) is 1.98. The van der Waals surface area contributed by atoms with Crippen LogP contribution in [0.1, 0.15) is 12.8 Å². The van der Waals surface area contributed by atoms with Crippen LogP contribution in [-0.2, 0) is 0 Å². The Labute approximate surface area is 78.7 Å². The molecule has 1 aliphatic rings. The molecule has 0 aromatic rings. The molecule has 1 fully saturated rings. The molecule has 2 atom stereocenters. The topological polar surface area (TPSA) is 20.2 Å². The van der Waals surface area contributed by atoms with E-state index in [1.165, 1.54) is 0 Å². The minimum atomic E-state index is -0.801. The summed E-state index contributed by atoms with van der Waals surface area (Å²) in [5.41, 5.74) is -0.801. The average Bonchev–Trinajstić information content (AvgIpc) is 2.42. The highest BCUT2D eigenvalue weighted by molar-refractivity contribution is 6.18.